The van der Waals surface area contributed by atoms with E-state index in [-0.39, 0.29) is 0 Å². The van der Waals surface area contributed by atoms with Crippen molar-refractivity contribution < 1.29 is 0 Å². The number of hydrogen-bond acceptors (Lipinski definition) is 2. The monoisotopic (exact) mass is 354 g/mol. The van der Waals surface area contributed by atoms with Crippen LogP contribution < -0.4 is 10.7 Å². The van der Waals surface area contributed by atoms with Crippen LogP contribution in [0.1, 0.15) is 11.1 Å². The summed E-state index contributed by atoms with van der Waals surface area (Å²) in [5.41, 5.74) is 8.43. The number of aryl methyl sites for hydroxylation is 2. The van der Waals surface area contributed by atoms with Crippen molar-refractivity contribution in [2.45, 2.75) is 13.8 Å². The second kappa shape index (κ2) is 6.98. The Labute approximate surface area is 151 Å². The molecule has 0 bridgehead atoms. The van der Waals surface area contributed by atoms with E-state index in [4.69, 9.17) is 24.4 Å². The minimum atomic E-state index is 0.480. The molecule has 3 aromatic rings. The molecule has 3 N–H and O–H groups in total. The molecule has 0 spiro atoms. The second-order valence-electron chi connectivity index (χ2n) is 5.56. The van der Waals surface area contributed by atoms with Gasteiger partial charge in [0.2, 0.25) is 0 Å². The number of benzene rings is 2. The van der Waals surface area contributed by atoms with E-state index in [0.717, 1.165) is 22.5 Å². The predicted octanol–water partition coefficient (Wildman–Crippen LogP) is 4.77. The molecule has 0 fully saturated rings. The van der Waals surface area contributed by atoms with Crippen molar-refractivity contribution in [2.75, 3.05) is 10.7 Å². The van der Waals surface area contributed by atoms with Crippen LogP contribution in [0.2, 0.25) is 0 Å². The normalized spacial score (nSPS) is 10.4. The van der Waals surface area contributed by atoms with Crippen molar-refractivity contribution in [3.8, 4) is 11.3 Å². The van der Waals surface area contributed by atoms with Crippen molar-refractivity contribution in [1.29, 1.82) is 0 Å². The summed E-state index contributed by atoms with van der Waals surface area (Å²) >= 11 is 10.8. The van der Waals surface area contributed by atoms with Crippen LogP contribution >= 0.6 is 24.4 Å². The molecular formula is C18H18N4S2. The summed E-state index contributed by atoms with van der Waals surface area (Å²) in [6.45, 7) is 4.09. The number of nitrogens with one attached hydrogen (secondary N) is 3. The van der Waals surface area contributed by atoms with E-state index in [1.54, 1.807) is 4.68 Å². The molecule has 1 heterocycles. The standard InChI is InChI=1S/C18H18N4S2/c1-12-7-9-14(10-8-12)16-11-19-18(24)22(16)21-17(23)20-15-6-4-3-5-13(15)2/h3-11H,1-2H3,(H,19,24)(H2,20,21,23). The Kier molecular flexibility index (Phi) is 4.78. The molecule has 0 saturated carbocycles. The average Bonchev–Trinajstić information content (AvgIpc) is 2.91. The van der Waals surface area contributed by atoms with Crippen LogP contribution in [-0.2, 0) is 0 Å². The Hall–Kier alpha value is -2.44. The molecule has 0 atom stereocenters. The van der Waals surface area contributed by atoms with Gasteiger partial charge < -0.3 is 10.3 Å². The molecule has 0 aliphatic carbocycles. The Bertz CT molecular complexity index is 923. The van der Waals surface area contributed by atoms with Crippen LogP contribution in [0.15, 0.2) is 54.7 Å². The van der Waals surface area contributed by atoms with Crippen LogP contribution in [-0.4, -0.2) is 14.8 Å². The van der Waals surface area contributed by atoms with Crippen molar-refractivity contribution in [1.82, 2.24) is 9.66 Å². The summed E-state index contributed by atoms with van der Waals surface area (Å²) in [5, 5.41) is 3.68. The van der Waals surface area contributed by atoms with Crippen molar-refractivity contribution >= 4 is 35.2 Å². The Morgan fingerprint density at radius 2 is 1.75 bits per heavy atom. The van der Waals surface area contributed by atoms with Gasteiger partial charge in [0.05, 0.1) is 5.69 Å². The van der Waals surface area contributed by atoms with Gasteiger partial charge in [0.25, 0.3) is 0 Å². The summed E-state index contributed by atoms with van der Waals surface area (Å²) in [7, 11) is 0. The zero-order chi connectivity index (χ0) is 17.1. The van der Waals surface area contributed by atoms with Crippen LogP contribution in [0.3, 0.4) is 0 Å². The van der Waals surface area contributed by atoms with E-state index in [2.05, 4.69) is 46.9 Å². The highest BCUT2D eigenvalue weighted by atomic mass is 32.1. The number of hydrogen-bond donors (Lipinski definition) is 3. The lowest BCUT2D eigenvalue weighted by atomic mass is 10.1. The van der Waals surface area contributed by atoms with Gasteiger partial charge in [-0.05, 0) is 49.9 Å². The number of aromatic amines is 1. The van der Waals surface area contributed by atoms with Gasteiger partial charge >= 0.3 is 0 Å². The fourth-order valence-corrected chi connectivity index (χ4v) is 2.79. The highest BCUT2D eigenvalue weighted by Crippen LogP contribution is 2.19. The van der Waals surface area contributed by atoms with Gasteiger partial charge in [-0.25, -0.2) is 4.68 Å². The summed E-state index contributed by atoms with van der Waals surface area (Å²) in [5.74, 6) is 0. The first-order valence-electron chi connectivity index (χ1n) is 7.56. The minimum absolute atomic E-state index is 0.480. The zero-order valence-corrected chi connectivity index (χ0v) is 15.1. The molecular weight excluding hydrogens is 336 g/mol. The number of anilines is 1. The van der Waals surface area contributed by atoms with E-state index in [0.29, 0.717) is 9.88 Å². The van der Waals surface area contributed by atoms with Crippen LogP contribution in [0.5, 0.6) is 0 Å². The molecule has 0 radical (unpaired) electrons. The molecule has 24 heavy (non-hydrogen) atoms. The SMILES string of the molecule is Cc1ccc(-c2c[nH]c(=S)n2NC(=S)Nc2ccccc2C)cc1. The molecule has 6 heteroatoms. The third-order valence-electron chi connectivity index (χ3n) is 3.73. The van der Waals surface area contributed by atoms with E-state index in [9.17, 15) is 0 Å². The lowest BCUT2D eigenvalue weighted by molar-refractivity contribution is 0.962. The fourth-order valence-electron chi connectivity index (χ4n) is 2.38. The first-order chi connectivity index (χ1) is 11.5. The first-order valence-corrected chi connectivity index (χ1v) is 8.37. The molecule has 0 unspecified atom stereocenters. The topological polar surface area (TPSA) is 44.8 Å². The van der Waals surface area contributed by atoms with Gasteiger partial charge in [-0.1, -0.05) is 48.0 Å². The van der Waals surface area contributed by atoms with Crippen molar-refractivity contribution in [3.05, 3.63) is 70.6 Å². The number of imidazole rings is 1. The molecule has 4 nitrogen and oxygen atoms in total. The van der Waals surface area contributed by atoms with E-state index in [1.807, 2.05) is 37.4 Å². The number of para-hydroxylation sites is 1. The summed E-state index contributed by atoms with van der Waals surface area (Å²) < 4.78 is 2.33. The Morgan fingerprint density at radius 1 is 1.04 bits per heavy atom. The maximum absolute atomic E-state index is 5.43. The molecule has 0 aliphatic heterocycles. The molecule has 0 aliphatic rings. The molecule has 0 amide bonds. The third kappa shape index (κ3) is 3.55. The summed E-state index contributed by atoms with van der Waals surface area (Å²) in [6, 6.07) is 16.2. The van der Waals surface area contributed by atoms with Gasteiger partial charge in [-0.3, -0.25) is 5.43 Å². The fraction of sp³-hybridized carbons (Fsp3) is 0.111. The molecule has 0 saturated heterocycles. The third-order valence-corrected chi connectivity index (χ3v) is 4.22. The van der Waals surface area contributed by atoms with Gasteiger partial charge in [-0.2, -0.15) is 0 Å². The zero-order valence-electron chi connectivity index (χ0n) is 13.5. The molecule has 2 aromatic carbocycles. The van der Waals surface area contributed by atoms with Crippen molar-refractivity contribution in [3.63, 3.8) is 0 Å². The number of H-pyrrole nitrogens is 1. The minimum Gasteiger partial charge on any atom is -0.335 e. The Balaban J connectivity index is 1.84. The number of rotatable bonds is 3. The maximum Gasteiger partial charge on any atom is 0.196 e. The van der Waals surface area contributed by atoms with Gasteiger partial charge in [0.15, 0.2) is 9.88 Å². The largest absolute Gasteiger partial charge is 0.335 e. The van der Waals surface area contributed by atoms with E-state index >= 15 is 0 Å². The van der Waals surface area contributed by atoms with Crippen LogP contribution in [0.4, 0.5) is 5.69 Å². The van der Waals surface area contributed by atoms with Crippen LogP contribution in [0, 0.1) is 18.6 Å². The number of thiocarbonyl (C=S) groups is 1. The second-order valence-corrected chi connectivity index (χ2v) is 6.36. The summed E-state index contributed by atoms with van der Waals surface area (Å²) in [4.78, 5) is 3.06. The number of nitrogens with zero attached hydrogens (tertiary/aromatic N) is 1. The van der Waals surface area contributed by atoms with Crippen molar-refractivity contribution in [2.24, 2.45) is 0 Å². The average molecular weight is 355 g/mol. The first kappa shape index (κ1) is 16.4. The molecule has 3 rings (SSSR count). The van der Waals surface area contributed by atoms with Gasteiger partial charge in [-0.15, -0.1) is 0 Å². The highest BCUT2D eigenvalue weighted by Gasteiger charge is 2.08. The van der Waals surface area contributed by atoms with E-state index in [1.165, 1.54) is 5.56 Å². The smallest absolute Gasteiger partial charge is 0.196 e. The van der Waals surface area contributed by atoms with Crippen LogP contribution in [0.25, 0.3) is 11.3 Å². The molecule has 1 aromatic heterocycles. The summed E-state index contributed by atoms with van der Waals surface area (Å²) in [6.07, 6.45) is 1.87. The van der Waals surface area contributed by atoms with E-state index < -0.39 is 0 Å². The predicted molar refractivity (Wildman–Crippen MR) is 107 cm³/mol. The number of aromatic nitrogens is 2. The van der Waals surface area contributed by atoms with Gasteiger partial charge in [0, 0.05) is 17.4 Å². The lowest BCUT2D eigenvalue weighted by Crippen LogP contribution is -2.28. The molecule has 122 valence electrons. The maximum atomic E-state index is 5.43. The quantitative estimate of drug-likeness (QED) is 0.593. The lowest BCUT2D eigenvalue weighted by Gasteiger charge is -2.15. The highest BCUT2D eigenvalue weighted by molar-refractivity contribution is 7.80. The Morgan fingerprint density at radius 3 is 2.46 bits per heavy atom. The van der Waals surface area contributed by atoms with Gasteiger partial charge in [0.1, 0.15) is 0 Å².